The van der Waals surface area contributed by atoms with Gasteiger partial charge in [-0.1, -0.05) is 64.8 Å². The zero-order valence-electron chi connectivity index (χ0n) is 21.9. The van der Waals surface area contributed by atoms with E-state index in [0.29, 0.717) is 11.1 Å². The number of hydrogen-bond donors (Lipinski definition) is 0. The van der Waals surface area contributed by atoms with Crippen molar-refractivity contribution in [1.29, 1.82) is 0 Å². The minimum atomic E-state index is -1.89. The van der Waals surface area contributed by atoms with Gasteiger partial charge < -0.3 is 13.9 Å². The third-order valence-corrected chi connectivity index (χ3v) is 12.5. The highest BCUT2D eigenvalue weighted by atomic mass is 79.9. The van der Waals surface area contributed by atoms with Crippen molar-refractivity contribution >= 4 is 52.1 Å². The molecule has 1 aliphatic rings. The Morgan fingerprint density at radius 2 is 1.43 bits per heavy atom. The topological polar surface area (TPSA) is 61.8 Å². The summed E-state index contributed by atoms with van der Waals surface area (Å²) in [6.45, 7) is 11.4. The summed E-state index contributed by atoms with van der Waals surface area (Å²) in [6.07, 6.45) is 8.34. The van der Waals surface area contributed by atoms with Crippen LogP contribution in [0, 0.1) is 11.3 Å². The van der Waals surface area contributed by atoms with Crippen LogP contribution in [0.3, 0.4) is 0 Å². The molecule has 0 radical (unpaired) electrons. The Morgan fingerprint density at radius 1 is 0.919 bits per heavy atom. The highest BCUT2D eigenvalue weighted by Crippen LogP contribution is 2.54. The first-order valence-corrected chi connectivity index (χ1v) is 16.7. The van der Waals surface area contributed by atoms with Crippen LogP contribution < -0.4 is 0 Å². The summed E-state index contributed by atoms with van der Waals surface area (Å²) in [5, 5.41) is 0.115. The van der Waals surface area contributed by atoms with E-state index in [1.165, 1.54) is 0 Å². The minimum absolute atomic E-state index is 0.0515. The van der Waals surface area contributed by atoms with Gasteiger partial charge in [-0.2, -0.15) is 0 Å². The summed E-state index contributed by atoms with van der Waals surface area (Å²) in [4.78, 5) is 25.1. The number of ether oxygens (including phenoxy) is 2. The number of allylic oxidation sites excluding steroid dienone is 2. The van der Waals surface area contributed by atoms with Crippen molar-refractivity contribution in [3.63, 3.8) is 0 Å². The third-order valence-electron chi connectivity index (χ3n) is 7.11. The first-order chi connectivity index (χ1) is 17.3. The molecule has 0 heterocycles. The highest BCUT2D eigenvalue weighted by molar-refractivity contribution is 9.10. The Labute approximate surface area is 237 Å². The maximum atomic E-state index is 12.6. The predicted molar refractivity (Wildman–Crippen MR) is 156 cm³/mol. The van der Waals surface area contributed by atoms with E-state index in [-0.39, 0.29) is 36.1 Å². The molecule has 198 valence electrons. The lowest BCUT2D eigenvalue weighted by molar-refractivity contribution is 0.0376. The fourth-order valence-electron chi connectivity index (χ4n) is 3.45. The van der Waals surface area contributed by atoms with E-state index < -0.39 is 13.7 Å². The van der Waals surface area contributed by atoms with Crippen LogP contribution >= 0.6 is 31.9 Å². The van der Waals surface area contributed by atoms with Gasteiger partial charge in [-0.3, -0.25) is 0 Å². The van der Waals surface area contributed by atoms with Crippen molar-refractivity contribution in [3.8, 4) is 0 Å². The van der Waals surface area contributed by atoms with E-state index in [2.05, 4.69) is 65.7 Å². The molecular formula is C29H34Br2O5Si. The van der Waals surface area contributed by atoms with Crippen molar-refractivity contribution in [1.82, 2.24) is 0 Å². The van der Waals surface area contributed by atoms with Gasteiger partial charge in [0.15, 0.2) is 0 Å². The van der Waals surface area contributed by atoms with Gasteiger partial charge in [-0.25, -0.2) is 9.59 Å². The second-order valence-electron chi connectivity index (χ2n) is 10.9. The first-order valence-electron chi connectivity index (χ1n) is 12.2. The Kier molecular flexibility index (Phi) is 9.64. The van der Waals surface area contributed by atoms with E-state index in [4.69, 9.17) is 13.9 Å². The number of carbonyl (C=O) groups excluding carboxylic acids is 2. The van der Waals surface area contributed by atoms with E-state index >= 15 is 0 Å². The molecule has 0 amide bonds. The van der Waals surface area contributed by atoms with Gasteiger partial charge in [-0.05, 0) is 79.2 Å². The fraction of sp³-hybridized carbons (Fsp3) is 0.379. The van der Waals surface area contributed by atoms with Gasteiger partial charge >= 0.3 is 11.9 Å². The van der Waals surface area contributed by atoms with Gasteiger partial charge in [0.1, 0.15) is 6.61 Å². The molecule has 3 rings (SSSR count). The molecule has 0 spiro atoms. The number of halogens is 2. The minimum Gasteiger partial charge on any atom is -0.549 e. The van der Waals surface area contributed by atoms with E-state index in [1.54, 1.807) is 54.8 Å². The lowest BCUT2D eigenvalue weighted by atomic mass is 10.0. The smallest absolute Gasteiger partial charge is 0.338 e. The monoisotopic (exact) mass is 648 g/mol. The van der Waals surface area contributed by atoms with Crippen LogP contribution in [0.2, 0.25) is 18.1 Å². The largest absolute Gasteiger partial charge is 0.549 e. The molecule has 1 fully saturated rings. The summed E-state index contributed by atoms with van der Waals surface area (Å²) >= 11 is 6.75. The maximum absolute atomic E-state index is 12.6. The molecule has 5 nitrogen and oxygen atoms in total. The quantitative estimate of drug-likeness (QED) is 0.112. The van der Waals surface area contributed by atoms with Gasteiger partial charge in [0.25, 0.3) is 0 Å². The van der Waals surface area contributed by atoms with Crippen LogP contribution in [0.25, 0.3) is 0 Å². The molecule has 0 unspecified atom stereocenters. The lowest BCUT2D eigenvalue weighted by Gasteiger charge is -2.34. The average Bonchev–Trinajstić information content (AvgIpc) is 3.53. The molecule has 0 saturated heterocycles. The van der Waals surface area contributed by atoms with Crippen LogP contribution in [0.4, 0.5) is 0 Å². The number of rotatable bonds is 10. The van der Waals surface area contributed by atoms with Crippen LogP contribution in [0.1, 0.15) is 47.9 Å². The summed E-state index contributed by atoms with van der Waals surface area (Å²) < 4.78 is 19.2. The van der Waals surface area contributed by atoms with Crippen LogP contribution in [0.5, 0.6) is 0 Å². The second-order valence-corrected chi connectivity index (χ2v) is 17.5. The molecule has 2 atom stereocenters. The number of carbonyl (C=O) groups is 2. The molecule has 0 aliphatic heterocycles. The number of benzene rings is 2. The molecular weight excluding hydrogens is 616 g/mol. The van der Waals surface area contributed by atoms with E-state index in [1.807, 2.05) is 18.2 Å². The van der Waals surface area contributed by atoms with Crippen molar-refractivity contribution < 1.29 is 23.5 Å². The zero-order chi connectivity index (χ0) is 27.3. The maximum Gasteiger partial charge on any atom is 0.338 e. The summed E-state index contributed by atoms with van der Waals surface area (Å²) in [5.74, 6) is -0.697. The SMILES string of the molecule is CC(C)(C)[Si](C)(C)O/C=C/C=C\[C@]1(COC(=O)c2ccc(Br)cc2)C[C@H]1COC(=O)c1ccc(Br)cc1. The van der Waals surface area contributed by atoms with Crippen molar-refractivity contribution in [2.24, 2.45) is 11.3 Å². The normalized spacial score (nSPS) is 19.7. The van der Waals surface area contributed by atoms with E-state index in [0.717, 1.165) is 15.4 Å². The summed E-state index contributed by atoms with van der Waals surface area (Å²) in [5.41, 5.74) is 0.591. The molecule has 8 heteroatoms. The molecule has 0 aromatic heterocycles. The van der Waals surface area contributed by atoms with Crippen molar-refractivity contribution in [3.05, 3.63) is 93.1 Å². The van der Waals surface area contributed by atoms with Crippen molar-refractivity contribution in [2.45, 2.75) is 45.3 Å². The Morgan fingerprint density at radius 3 is 1.95 bits per heavy atom. The first kappa shape index (κ1) is 29.4. The Bertz CT molecular complexity index is 1150. The number of hydrogen-bond acceptors (Lipinski definition) is 5. The number of esters is 2. The molecule has 1 aliphatic carbocycles. The Balaban J connectivity index is 1.64. The predicted octanol–water partition coefficient (Wildman–Crippen LogP) is 8.32. The standard InChI is InChI=1S/C29H34Br2O5Si/c1-28(2,3)37(4,5)36-17-7-6-16-29(20-35-27(33)22-10-14-25(31)15-11-22)18-23(29)19-34-26(32)21-8-12-24(30)13-9-21/h6-17,23H,18-20H2,1-5H3/b16-6-,17-7+/t23-,29+/m0/s1. The molecule has 0 bridgehead atoms. The van der Waals surface area contributed by atoms with Crippen LogP contribution in [0.15, 0.2) is 82.0 Å². The van der Waals surface area contributed by atoms with Crippen LogP contribution in [-0.2, 0) is 13.9 Å². The second kappa shape index (κ2) is 12.1. The fourth-order valence-corrected chi connectivity index (χ4v) is 4.75. The third kappa shape index (κ3) is 8.16. The highest BCUT2D eigenvalue weighted by Gasteiger charge is 2.53. The van der Waals surface area contributed by atoms with Gasteiger partial charge in [0, 0.05) is 20.3 Å². The average molecular weight is 650 g/mol. The summed E-state index contributed by atoms with van der Waals surface area (Å²) in [6, 6.07) is 14.1. The van der Waals surface area contributed by atoms with Gasteiger partial charge in [0.05, 0.1) is 24.0 Å². The Hall–Kier alpha value is -2.16. The zero-order valence-corrected chi connectivity index (χ0v) is 26.1. The summed E-state index contributed by atoms with van der Waals surface area (Å²) in [7, 11) is -1.89. The van der Waals surface area contributed by atoms with Gasteiger partial charge in [0.2, 0.25) is 8.32 Å². The molecule has 37 heavy (non-hydrogen) atoms. The molecule has 2 aromatic rings. The van der Waals surface area contributed by atoms with Gasteiger partial charge in [-0.15, -0.1) is 0 Å². The van der Waals surface area contributed by atoms with Crippen LogP contribution in [-0.4, -0.2) is 33.5 Å². The molecule has 0 N–H and O–H groups in total. The lowest BCUT2D eigenvalue weighted by Crippen LogP contribution is -2.39. The molecule has 2 aromatic carbocycles. The van der Waals surface area contributed by atoms with Crippen molar-refractivity contribution in [2.75, 3.05) is 13.2 Å². The molecule has 1 saturated carbocycles. The van der Waals surface area contributed by atoms with E-state index in [9.17, 15) is 9.59 Å².